The Labute approximate surface area is 253 Å². The summed E-state index contributed by atoms with van der Waals surface area (Å²) in [6.45, 7) is 2.36. The number of ketones is 2. The summed E-state index contributed by atoms with van der Waals surface area (Å²) in [5, 5.41) is 30.4. The highest BCUT2D eigenvalue weighted by atomic mass is 19.1. The third-order valence-corrected chi connectivity index (χ3v) is 10.2. The number of fused-ring (bicyclic) bond motifs is 5. The molecule has 5 rings (SSSR count). The molecule has 1 amide bonds. The van der Waals surface area contributed by atoms with E-state index in [0.717, 1.165) is 0 Å². The van der Waals surface area contributed by atoms with Crippen molar-refractivity contribution < 1.29 is 53.4 Å². The lowest BCUT2D eigenvalue weighted by Gasteiger charge is -2.62. The molecule has 3 unspecified atom stereocenters. The average molecular weight is 617 g/mol. The molecule has 3 saturated carbocycles. The highest BCUT2D eigenvalue weighted by Gasteiger charge is 2.70. The predicted molar refractivity (Wildman–Crippen MR) is 148 cm³/mol. The largest absolute Gasteiger partial charge is 0.442 e. The molecule has 13 heteroatoms. The van der Waals surface area contributed by atoms with Crippen LogP contribution in [0.2, 0.25) is 0 Å². The number of nitrogens with one attached hydrogen (secondary N) is 1. The van der Waals surface area contributed by atoms with Crippen molar-refractivity contribution >= 4 is 23.6 Å². The van der Waals surface area contributed by atoms with Crippen molar-refractivity contribution in [1.82, 2.24) is 10.7 Å². The highest BCUT2D eigenvalue weighted by Crippen LogP contribution is 2.68. The maximum Gasteiger partial charge on any atom is 0.408 e. The number of aliphatic hydroxyl groups is 1. The van der Waals surface area contributed by atoms with Crippen LogP contribution in [0.15, 0.2) is 48.1 Å². The molecule has 0 radical (unpaired) electrons. The van der Waals surface area contributed by atoms with Gasteiger partial charge in [0.2, 0.25) is 0 Å². The van der Waals surface area contributed by atoms with Crippen molar-refractivity contribution in [3.05, 3.63) is 53.6 Å². The lowest BCUT2D eigenvalue weighted by Crippen LogP contribution is -2.66. The van der Waals surface area contributed by atoms with Crippen LogP contribution >= 0.6 is 0 Å². The zero-order valence-electron chi connectivity index (χ0n) is 24.5. The number of aliphatic hydroxyl groups excluding tert-OH is 1. The molecule has 1 aromatic carbocycles. The topological polar surface area (TPSA) is 172 Å². The summed E-state index contributed by atoms with van der Waals surface area (Å²) in [7, 11) is 0. The molecule has 44 heavy (non-hydrogen) atoms. The number of rotatable bonds is 9. The number of hydrogen-bond donors (Lipinski definition) is 4. The highest BCUT2D eigenvalue weighted by molar-refractivity contribution is 6.01. The molecule has 0 aliphatic heterocycles. The van der Waals surface area contributed by atoms with E-state index in [2.05, 4.69) is 10.2 Å². The summed E-state index contributed by atoms with van der Waals surface area (Å²) in [5.74, 6) is -2.42. The second-order valence-electron chi connectivity index (χ2n) is 12.5. The van der Waals surface area contributed by atoms with Crippen molar-refractivity contribution in [3.63, 3.8) is 0 Å². The van der Waals surface area contributed by atoms with Crippen LogP contribution in [0.4, 0.5) is 9.18 Å². The Morgan fingerprint density at radius 2 is 1.91 bits per heavy atom. The Morgan fingerprint density at radius 1 is 1.14 bits per heavy atom. The molecule has 7 atom stereocenters. The van der Waals surface area contributed by atoms with Crippen LogP contribution in [0, 0.1) is 28.6 Å². The van der Waals surface area contributed by atoms with Gasteiger partial charge in [0.15, 0.2) is 23.8 Å². The Balaban J connectivity index is 1.14. The fraction of sp³-hybridized carbons (Fsp3) is 0.548. The molecule has 0 bridgehead atoms. The lowest BCUT2D eigenvalue weighted by molar-refractivity contribution is -0.497. The minimum absolute atomic E-state index is 0.0648. The molecule has 0 spiro atoms. The number of alkyl carbamates (subject to hydrolysis) is 1. The van der Waals surface area contributed by atoms with Gasteiger partial charge in [-0.25, -0.2) is 18.8 Å². The molecule has 1 aromatic rings. The zero-order valence-corrected chi connectivity index (χ0v) is 24.5. The maximum atomic E-state index is 17.1. The van der Waals surface area contributed by atoms with E-state index in [1.165, 1.54) is 24.3 Å². The van der Waals surface area contributed by atoms with E-state index in [1.54, 1.807) is 25.1 Å². The lowest BCUT2D eigenvalue weighted by atomic mass is 9.45. The molecule has 4 aliphatic rings. The van der Waals surface area contributed by atoms with Gasteiger partial charge >= 0.3 is 12.1 Å². The molecule has 12 nitrogen and oxygen atoms in total. The number of ether oxygens (including phenoxy) is 2. The van der Waals surface area contributed by atoms with Gasteiger partial charge in [0.25, 0.3) is 0 Å². The second-order valence-corrected chi connectivity index (χ2v) is 12.5. The smallest absolute Gasteiger partial charge is 0.408 e. The number of alkyl halides is 1. The molecular weight excluding hydrogens is 579 g/mol. The standard InChI is InChI=1S/C31H37FN2O10/c1-29-14-26(37)31(32)23(7-6-19-13-20(35)10-11-30(19,31)2)22(29)8-9-24(29)25(36)17-42-28(39)33-15-27(38)44-21-5-3-4-18(12-21)16-43-34(40)41/h3-5,10-13,22-24,26,37,40-41H,6-9,14-17H2,1-2H3,(H,33,39)/t22?,23-,24?,26-,29-,30-,31?/m0/s1. The Bertz CT molecular complexity index is 1400. The van der Waals surface area contributed by atoms with Gasteiger partial charge in [-0.05, 0) is 80.2 Å². The predicted octanol–water partition coefficient (Wildman–Crippen LogP) is 3.39. The van der Waals surface area contributed by atoms with E-state index in [-0.39, 0.29) is 36.3 Å². The number of halogens is 1. The summed E-state index contributed by atoms with van der Waals surface area (Å²) < 4.78 is 27.4. The zero-order chi connectivity index (χ0) is 31.9. The Morgan fingerprint density at radius 3 is 2.66 bits per heavy atom. The van der Waals surface area contributed by atoms with Gasteiger partial charge in [-0.3, -0.25) is 20.0 Å². The third kappa shape index (κ3) is 5.70. The summed E-state index contributed by atoms with van der Waals surface area (Å²) in [6.07, 6.45) is 4.25. The first kappa shape index (κ1) is 31.9. The number of benzene rings is 1. The Kier molecular flexibility index (Phi) is 8.80. The van der Waals surface area contributed by atoms with Crippen LogP contribution in [-0.2, 0) is 30.6 Å². The van der Waals surface area contributed by atoms with Crippen molar-refractivity contribution in [2.24, 2.45) is 28.6 Å². The van der Waals surface area contributed by atoms with Crippen molar-refractivity contribution in [1.29, 1.82) is 0 Å². The molecule has 4 N–H and O–H groups in total. The minimum Gasteiger partial charge on any atom is -0.442 e. The fourth-order valence-electron chi connectivity index (χ4n) is 8.17. The molecule has 4 aliphatic carbocycles. The monoisotopic (exact) mass is 616 g/mol. The van der Waals surface area contributed by atoms with Gasteiger partial charge in [-0.1, -0.05) is 30.7 Å². The first-order valence-corrected chi connectivity index (χ1v) is 14.6. The van der Waals surface area contributed by atoms with E-state index >= 15 is 4.39 Å². The van der Waals surface area contributed by atoms with Gasteiger partial charge in [-0.2, -0.15) is 0 Å². The van der Waals surface area contributed by atoms with E-state index < -0.39 is 65.0 Å². The number of Topliss-reactive ketones (excluding diaryl/α,β-unsaturated/α-hetero) is 1. The van der Waals surface area contributed by atoms with Gasteiger partial charge in [-0.15, -0.1) is 0 Å². The number of amides is 1. The van der Waals surface area contributed by atoms with Gasteiger partial charge in [0.1, 0.15) is 12.3 Å². The second kappa shape index (κ2) is 12.1. The normalized spacial score (nSPS) is 34.0. The van der Waals surface area contributed by atoms with Crippen molar-refractivity contribution in [2.75, 3.05) is 13.2 Å². The molecule has 0 heterocycles. The minimum atomic E-state index is -1.98. The van der Waals surface area contributed by atoms with Crippen LogP contribution in [0.5, 0.6) is 5.75 Å². The van der Waals surface area contributed by atoms with E-state index in [0.29, 0.717) is 36.8 Å². The van der Waals surface area contributed by atoms with Crippen LogP contribution in [0.25, 0.3) is 0 Å². The number of allylic oxidation sites excluding steroid dienone is 4. The molecule has 238 valence electrons. The number of carbonyl (C=O) groups is 4. The van der Waals surface area contributed by atoms with Crippen LogP contribution < -0.4 is 10.1 Å². The van der Waals surface area contributed by atoms with Crippen LogP contribution in [0.1, 0.15) is 51.5 Å². The first-order chi connectivity index (χ1) is 20.8. The third-order valence-electron chi connectivity index (χ3n) is 10.2. The summed E-state index contributed by atoms with van der Waals surface area (Å²) in [6, 6.07) is 6.06. The van der Waals surface area contributed by atoms with E-state index in [9.17, 15) is 24.3 Å². The van der Waals surface area contributed by atoms with Gasteiger partial charge in [0.05, 0.1) is 18.1 Å². The molecule has 0 aromatic heterocycles. The molecule has 3 fully saturated rings. The van der Waals surface area contributed by atoms with Crippen LogP contribution in [-0.4, -0.2) is 69.5 Å². The van der Waals surface area contributed by atoms with Crippen molar-refractivity contribution in [2.45, 2.75) is 64.3 Å². The Hall–Kier alpha value is -3.49. The van der Waals surface area contributed by atoms with Crippen LogP contribution in [0.3, 0.4) is 0 Å². The number of nitrogens with zero attached hydrogens (tertiary/aromatic N) is 1. The first-order valence-electron chi connectivity index (χ1n) is 14.6. The summed E-state index contributed by atoms with van der Waals surface area (Å²) in [5.41, 5.74) is -2.61. The SMILES string of the molecule is C[C@]12C[C@H](O)C3(F)[C@@H](CCC4=CC(=O)C=C[C@@]43C)C1CCC2C(=O)COC(=O)NCC(=O)Oc1cccc(CON(O)O)c1. The average Bonchev–Trinajstić information content (AvgIpc) is 3.31. The van der Waals surface area contributed by atoms with E-state index in [1.807, 2.05) is 6.92 Å². The van der Waals surface area contributed by atoms with Gasteiger partial charge < -0.3 is 19.9 Å². The summed E-state index contributed by atoms with van der Waals surface area (Å²) in [4.78, 5) is 54.3. The quantitative estimate of drug-likeness (QED) is 0.182. The summed E-state index contributed by atoms with van der Waals surface area (Å²) >= 11 is 0. The molecule has 0 saturated heterocycles. The maximum absolute atomic E-state index is 17.1. The van der Waals surface area contributed by atoms with Crippen molar-refractivity contribution in [3.8, 4) is 5.75 Å². The fourth-order valence-corrected chi connectivity index (χ4v) is 8.17. The number of esters is 1. The number of carbonyl (C=O) groups excluding carboxylic acids is 4. The van der Waals surface area contributed by atoms with E-state index in [4.69, 9.17) is 19.9 Å². The molecular formula is C31H37FN2O10. The number of hydrogen-bond acceptors (Lipinski definition) is 11. The van der Waals surface area contributed by atoms with Gasteiger partial charge in [0, 0.05) is 17.3 Å².